The quantitative estimate of drug-likeness (QED) is 0.811. The molecule has 5 nitrogen and oxygen atoms in total. The first-order chi connectivity index (χ1) is 11.4. The lowest BCUT2D eigenvalue weighted by atomic mass is 10.0. The van der Waals surface area contributed by atoms with E-state index < -0.39 is 6.04 Å². The van der Waals surface area contributed by atoms with Gasteiger partial charge in [-0.3, -0.25) is 9.59 Å². The fourth-order valence-corrected chi connectivity index (χ4v) is 2.59. The van der Waals surface area contributed by atoms with Crippen molar-refractivity contribution in [2.75, 3.05) is 16.0 Å². The summed E-state index contributed by atoms with van der Waals surface area (Å²) in [6.45, 7) is 3.97. The summed E-state index contributed by atoms with van der Waals surface area (Å²) in [5.41, 5.74) is 4.20. The average Bonchev–Trinajstić information content (AvgIpc) is 2.52. The SMILES string of the molecule is Cc1cc2c(cc1C)N[C@@H](CC(=O)Nc1ccc(F)cc1)C(=O)N2. The Balaban J connectivity index is 1.68. The zero-order valence-electron chi connectivity index (χ0n) is 13.4. The summed E-state index contributed by atoms with van der Waals surface area (Å²) < 4.78 is 12.9. The molecule has 6 heteroatoms. The van der Waals surface area contributed by atoms with Gasteiger partial charge in [-0.05, 0) is 61.4 Å². The van der Waals surface area contributed by atoms with Crippen molar-refractivity contribution in [3.05, 3.63) is 53.3 Å². The van der Waals surface area contributed by atoms with Crippen molar-refractivity contribution >= 4 is 28.9 Å². The first-order valence-corrected chi connectivity index (χ1v) is 7.66. The van der Waals surface area contributed by atoms with Crippen LogP contribution in [-0.2, 0) is 9.59 Å². The van der Waals surface area contributed by atoms with Gasteiger partial charge in [-0.15, -0.1) is 0 Å². The second-order valence-electron chi connectivity index (χ2n) is 5.93. The van der Waals surface area contributed by atoms with Gasteiger partial charge in [0, 0.05) is 5.69 Å². The zero-order chi connectivity index (χ0) is 17.3. The van der Waals surface area contributed by atoms with Crippen LogP contribution in [0, 0.1) is 19.7 Å². The highest BCUT2D eigenvalue weighted by atomic mass is 19.1. The van der Waals surface area contributed by atoms with Crippen molar-refractivity contribution in [2.24, 2.45) is 0 Å². The molecule has 3 N–H and O–H groups in total. The Bertz CT molecular complexity index is 803. The van der Waals surface area contributed by atoms with Gasteiger partial charge in [0.05, 0.1) is 17.8 Å². The number of halogens is 1. The van der Waals surface area contributed by atoms with Crippen LogP contribution >= 0.6 is 0 Å². The maximum atomic E-state index is 12.9. The summed E-state index contributed by atoms with van der Waals surface area (Å²) in [5.74, 6) is -0.940. The Hall–Kier alpha value is -2.89. The maximum absolute atomic E-state index is 12.9. The van der Waals surface area contributed by atoms with E-state index in [0.717, 1.165) is 22.5 Å². The van der Waals surface area contributed by atoms with Crippen LogP contribution in [0.25, 0.3) is 0 Å². The molecule has 0 aromatic heterocycles. The number of carbonyl (C=O) groups is 2. The van der Waals surface area contributed by atoms with E-state index in [2.05, 4.69) is 16.0 Å². The maximum Gasteiger partial charge on any atom is 0.247 e. The molecule has 2 amide bonds. The molecule has 2 aromatic carbocycles. The van der Waals surface area contributed by atoms with Crippen molar-refractivity contribution in [2.45, 2.75) is 26.3 Å². The van der Waals surface area contributed by atoms with Crippen LogP contribution < -0.4 is 16.0 Å². The first kappa shape index (κ1) is 16.0. The number of carbonyl (C=O) groups excluding carboxylic acids is 2. The molecule has 124 valence electrons. The second kappa shape index (κ2) is 6.31. The third-order valence-electron chi connectivity index (χ3n) is 4.06. The Morgan fingerprint density at radius 3 is 2.42 bits per heavy atom. The number of rotatable bonds is 3. The molecule has 0 saturated heterocycles. The number of amides is 2. The van der Waals surface area contributed by atoms with Crippen molar-refractivity contribution in [1.82, 2.24) is 0 Å². The number of hydrogen-bond donors (Lipinski definition) is 3. The number of fused-ring (bicyclic) bond motifs is 1. The number of anilines is 3. The van der Waals surface area contributed by atoms with Crippen molar-refractivity contribution < 1.29 is 14.0 Å². The predicted octanol–water partition coefficient (Wildman–Crippen LogP) is 3.20. The van der Waals surface area contributed by atoms with Gasteiger partial charge in [-0.2, -0.15) is 0 Å². The van der Waals surface area contributed by atoms with Crippen molar-refractivity contribution in [1.29, 1.82) is 0 Å². The molecule has 1 heterocycles. The van der Waals surface area contributed by atoms with Gasteiger partial charge in [-0.25, -0.2) is 4.39 Å². The van der Waals surface area contributed by atoms with Gasteiger partial charge in [0.25, 0.3) is 0 Å². The molecule has 0 fully saturated rings. The highest BCUT2D eigenvalue weighted by Gasteiger charge is 2.27. The first-order valence-electron chi connectivity index (χ1n) is 7.66. The molecule has 24 heavy (non-hydrogen) atoms. The molecular weight excluding hydrogens is 309 g/mol. The van der Waals surface area contributed by atoms with E-state index in [0.29, 0.717) is 5.69 Å². The normalized spacial score (nSPS) is 16.0. The molecule has 3 rings (SSSR count). The molecule has 0 saturated carbocycles. The number of aryl methyl sites for hydroxylation is 2. The standard InChI is InChI=1S/C18H18FN3O2/c1-10-7-14-15(8-11(10)2)22-18(24)16(21-14)9-17(23)20-13-5-3-12(19)4-6-13/h3-8,16,21H,9H2,1-2H3,(H,20,23)(H,22,24)/t16-/m0/s1. The minimum absolute atomic E-state index is 0.0183. The van der Waals surface area contributed by atoms with E-state index in [1.165, 1.54) is 24.3 Å². The molecule has 0 bridgehead atoms. The summed E-state index contributed by atoms with van der Waals surface area (Å²) in [4.78, 5) is 24.3. The molecule has 1 atom stereocenters. The topological polar surface area (TPSA) is 70.2 Å². The van der Waals surface area contributed by atoms with Crippen LogP contribution in [0.15, 0.2) is 36.4 Å². The highest BCUT2D eigenvalue weighted by molar-refractivity contribution is 6.06. The Kier molecular flexibility index (Phi) is 4.20. The minimum Gasteiger partial charge on any atom is -0.372 e. The molecule has 1 aliphatic heterocycles. The van der Waals surface area contributed by atoms with Crippen LogP contribution in [0.2, 0.25) is 0 Å². The number of benzene rings is 2. The zero-order valence-corrected chi connectivity index (χ0v) is 13.4. The summed E-state index contributed by atoms with van der Waals surface area (Å²) in [5, 5.41) is 8.59. The van der Waals surface area contributed by atoms with Crippen molar-refractivity contribution in [3.8, 4) is 0 Å². The predicted molar refractivity (Wildman–Crippen MR) is 91.6 cm³/mol. The van der Waals surface area contributed by atoms with Gasteiger partial charge in [0.2, 0.25) is 11.8 Å². The molecule has 0 aliphatic carbocycles. The molecular formula is C18H18FN3O2. The Morgan fingerprint density at radius 1 is 1.12 bits per heavy atom. The van der Waals surface area contributed by atoms with Crippen LogP contribution in [0.4, 0.5) is 21.5 Å². The second-order valence-corrected chi connectivity index (χ2v) is 5.93. The monoisotopic (exact) mass is 327 g/mol. The smallest absolute Gasteiger partial charge is 0.247 e. The van der Waals surface area contributed by atoms with Gasteiger partial charge in [-0.1, -0.05) is 0 Å². The van der Waals surface area contributed by atoms with Crippen LogP contribution in [-0.4, -0.2) is 17.9 Å². The van der Waals surface area contributed by atoms with E-state index in [4.69, 9.17) is 0 Å². The highest BCUT2D eigenvalue weighted by Crippen LogP contribution is 2.30. The largest absolute Gasteiger partial charge is 0.372 e. The third-order valence-corrected chi connectivity index (χ3v) is 4.06. The fourth-order valence-electron chi connectivity index (χ4n) is 2.59. The van der Waals surface area contributed by atoms with Gasteiger partial charge < -0.3 is 16.0 Å². The minimum atomic E-state index is -0.653. The van der Waals surface area contributed by atoms with Gasteiger partial charge in [0.15, 0.2) is 0 Å². The van der Waals surface area contributed by atoms with E-state index in [9.17, 15) is 14.0 Å². The molecule has 2 aromatic rings. The lowest BCUT2D eigenvalue weighted by Gasteiger charge is -2.27. The van der Waals surface area contributed by atoms with Gasteiger partial charge >= 0.3 is 0 Å². The summed E-state index contributed by atoms with van der Waals surface area (Å²) in [6.07, 6.45) is -0.0183. The van der Waals surface area contributed by atoms with Crippen LogP contribution in [0.1, 0.15) is 17.5 Å². The van der Waals surface area contributed by atoms with E-state index >= 15 is 0 Å². The van der Waals surface area contributed by atoms with E-state index in [1.807, 2.05) is 26.0 Å². The van der Waals surface area contributed by atoms with E-state index in [-0.39, 0.29) is 24.1 Å². The Morgan fingerprint density at radius 2 is 1.75 bits per heavy atom. The lowest BCUT2D eigenvalue weighted by Crippen LogP contribution is -2.41. The molecule has 0 unspecified atom stereocenters. The summed E-state index contributed by atoms with van der Waals surface area (Å²) >= 11 is 0. The van der Waals surface area contributed by atoms with Crippen molar-refractivity contribution in [3.63, 3.8) is 0 Å². The lowest BCUT2D eigenvalue weighted by molar-refractivity contribution is -0.122. The molecule has 0 radical (unpaired) electrons. The Labute approximate surface area is 139 Å². The van der Waals surface area contributed by atoms with Gasteiger partial charge in [0.1, 0.15) is 11.9 Å². The molecule has 1 aliphatic rings. The average molecular weight is 327 g/mol. The fraction of sp³-hybridized carbons (Fsp3) is 0.222. The summed E-state index contributed by atoms with van der Waals surface area (Å²) in [6, 6.07) is 8.69. The number of hydrogen-bond acceptors (Lipinski definition) is 3. The van der Waals surface area contributed by atoms with E-state index in [1.54, 1.807) is 0 Å². The third kappa shape index (κ3) is 3.37. The number of nitrogens with one attached hydrogen (secondary N) is 3. The van der Waals surface area contributed by atoms with Crippen LogP contribution in [0.5, 0.6) is 0 Å². The summed E-state index contributed by atoms with van der Waals surface area (Å²) in [7, 11) is 0. The van der Waals surface area contributed by atoms with Crippen LogP contribution in [0.3, 0.4) is 0 Å². The molecule has 0 spiro atoms.